The van der Waals surface area contributed by atoms with Crippen LogP contribution in [0.5, 0.6) is 5.75 Å². The molecule has 1 aromatic rings. The van der Waals surface area contributed by atoms with Gasteiger partial charge in [-0.2, -0.15) is 0 Å². The summed E-state index contributed by atoms with van der Waals surface area (Å²) in [5.41, 5.74) is 1.41. The van der Waals surface area contributed by atoms with Crippen LogP contribution in [-0.4, -0.2) is 15.0 Å². The highest BCUT2D eigenvalue weighted by Gasteiger charge is 2.15. The summed E-state index contributed by atoms with van der Waals surface area (Å²) in [5, 5.41) is 0. The molecule has 5 heteroatoms. The molecule has 0 aromatic heterocycles. The Morgan fingerprint density at radius 1 is 1.05 bits per heavy atom. The van der Waals surface area contributed by atoms with Crippen molar-refractivity contribution in [1.29, 1.82) is 0 Å². The minimum absolute atomic E-state index is 0.159. The third kappa shape index (κ3) is 5.33. The Hall–Kier alpha value is -0.740. The molecule has 0 N–H and O–H groups in total. The Labute approximate surface area is 126 Å². The molecule has 0 aliphatic rings. The lowest BCUT2D eigenvalue weighted by atomic mass is 10.1. The minimum Gasteiger partial charge on any atom is -0.493 e. The van der Waals surface area contributed by atoms with Crippen molar-refractivity contribution in [3.8, 4) is 5.75 Å². The standard InChI is InChI=1S/C15H23ClO3S/c1-4-5-6-7-8-9-19-14-10-13(3)15(11-12(14)2)20(16,17)18/h10-11H,4-9H2,1-3H3. The van der Waals surface area contributed by atoms with Crippen LogP contribution in [0.3, 0.4) is 0 Å². The van der Waals surface area contributed by atoms with Crippen molar-refractivity contribution in [3.63, 3.8) is 0 Å². The van der Waals surface area contributed by atoms with Crippen LogP contribution in [-0.2, 0) is 9.05 Å². The highest BCUT2D eigenvalue weighted by molar-refractivity contribution is 8.13. The first kappa shape index (κ1) is 17.3. The van der Waals surface area contributed by atoms with Crippen molar-refractivity contribution in [2.75, 3.05) is 6.61 Å². The second-order valence-electron chi connectivity index (χ2n) is 5.08. The molecule has 0 aliphatic carbocycles. The molecule has 0 heterocycles. The largest absolute Gasteiger partial charge is 0.493 e. The van der Waals surface area contributed by atoms with Crippen molar-refractivity contribution in [2.45, 2.75) is 57.8 Å². The van der Waals surface area contributed by atoms with Gasteiger partial charge in [0.15, 0.2) is 0 Å². The lowest BCUT2D eigenvalue weighted by Gasteiger charge is -2.12. The number of unbranched alkanes of at least 4 members (excludes halogenated alkanes) is 4. The van der Waals surface area contributed by atoms with Crippen LogP contribution in [0.1, 0.15) is 50.2 Å². The zero-order valence-corrected chi connectivity index (χ0v) is 14.0. The fraction of sp³-hybridized carbons (Fsp3) is 0.600. The van der Waals surface area contributed by atoms with Crippen LogP contribution < -0.4 is 4.74 Å². The van der Waals surface area contributed by atoms with E-state index in [4.69, 9.17) is 15.4 Å². The Balaban J connectivity index is 2.62. The molecule has 0 saturated carbocycles. The average Bonchev–Trinajstić information content (AvgIpc) is 2.35. The lowest BCUT2D eigenvalue weighted by molar-refractivity contribution is 0.302. The molecule has 0 spiro atoms. The molecular formula is C15H23ClO3S. The molecule has 0 saturated heterocycles. The van der Waals surface area contributed by atoms with Crippen LogP contribution in [0, 0.1) is 13.8 Å². The summed E-state index contributed by atoms with van der Waals surface area (Å²) >= 11 is 0. The van der Waals surface area contributed by atoms with Crippen LogP contribution in [0.2, 0.25) is 0 Å². The number of aryl methyl sites for hydroxylation is 2. The van der Waals surface area contributed by atoms with Gasteiger partial charge in [-0.25, -0.2) is 8.42 Å². The average molecular weight is 319 g/mol. The predicted molar refractivity (Wildman–Crippen MR) is 83.2 cm³/mol. The van der Waals surface area contributed by atoms with Gasteiger partial charge in [0, 0.05) is 10.7 Å². The van der Waals surface area contributed by atoms with Gasteiger partial charge >= 0.3 is 0 Å². The minimum atomic E-state index is -3.69. The van der Waals surface area contributed by atoms with E-state index in [2.05, 4.69) is 6.92 Å². The van der Waals surface area contributed by atoms with E-state index in [0.717, 1.165) is 17.7 Å². The van der Waals surface area contributed by atoms with Gasteiger partial charge in [0.25, 0.3) is 9.05 Å². The van der Waals surface area contributed by atoms with Crippen molar-refractivity contribution in [2.24, 2.45) is 0 Å². The Morgan fingerprint density at radius 2 is 1.70 bits per heavy atom. The number of halogens is 1. The summed E-state index contributed by atoms with van der Waals surface area (Å²) in [5.74, 6) is 0.738. The first-order valence-corrected chi connectivity index (χ1v) is 9.36. The van der Waals surface area contributed by atoms with Crippen molar-refractivity contribution < 1.29 is 13.2 Å². The second-order valence-corrected chi connectivity index (χ2v) is 7.62. The summed E-state index contributed by atoms with van der Waals surface area (Å²) in [6.07, 6.45) is 5.92. The number of hydrogen-bond donors (Lipinski definition) is 0. The van der Waals surface area contributed by atoms with Gasteiger partial charge in [0.2, 0.25) is 0 Å². The molecule has 20 heavy (non-hydrogen) atoms. The quantitative estimate of drug-likeness (QED) is 0.520. The van der Waals surface area contributed by atoms with Gasteiger partial charge in [-0.3, -0.25) is 0 Å². The summed E-state index contributed by atoms with van der Waals surface area (Å²) in [7, 11) is 1.70. The lowest BCUT2D eigenvalue weighted by Crippen LogP contribution is -2.02. The predicted octanol–water partition coefficient (Wildman–Crippen LogP) is 4.58. The normalized spacial score (nSPS) is 11.6. The van der Waals surface area contributed by atoms with E-state index in [1.54, 1.807) is 19.1 Å². The van der Waals surface area contributed by atoms with Gasteiger partial charge in [-0.1, -0.05) is 32.6 Å². The molecule has 0 radical (unpaired) electrons. The van der Waals surface area contributed by atoms with Crippen LogP contribution in [0.15, 0.2) is 17.0 Å². The molecule has 0 fully saturated rings. The van der Waals surface area contributed by atoms with Crippen molar-refractivity contribution >= 4 is 19.7 Å². The molecule has 3 nitrogen and oxygen atoms in total. The number of hydrogen-bond acceptors (Lipinski definition) is 3. The fourth-order valence-electron chi connectivity index (χ4n) is 2.07. The zero-order valence-electron chi connectivity index (χ0n) is 12.4. The monoisotopic (exact) mass is 318 g/mol. The van der Waals surface area contributed by atoms with E-state index in [0.29, 0.717) is 12.2 Å². The number of ether oxygens (including phenoxy) is 1. The third-order valence-electron chi connectivity index (χ3n) is 3.24. The van der Waals surface area contributed by atoms with Gasteiger partial charge < -0.3 is 4.74 Å². The fourth-order valence-corrected chi connectivity index (χ4v) is 3.33. The third-order valence-corrected chi connectivity index (χ3v) is 4.70. The molecule has 1 aromatic carbocycles. The highest BCUT2D eigenvalue weighted by Crippen LogP contribution is 2.28. The maximum atomic E-state index is 11.4. The summed E-state index contributed by atoms with van der Waals surface area (Å²) in [6.45, 7) is 6.41. The molecule has 0 unspecified atom stereocenters. The molecule has 0 aliphatic heterocycles. The first-order chi connectivity index (χ1) is 9.36. The Bertz CT molecular complexity index is 538. The van der Waals surface area contributed by atoms with E-state index in [-0.39, 0.29) is 4.90 Å². The molecular weight excluding hydrogens is 296 g/mol. The molecule has 114 valence electrons. The van der Waals surface area contributed by atoms with Crippen LogP contribution in [0.25, 0.3) is 0 Å². The molecule has 1 rings (SSSR count). The second kappa shape index (κ2) is 7.89. The Kier molecular flexibility index (Phi) is 6.83. The van der Waals surface area contributed by atoms with Gasteiger partial charge in [-0.15, -0.1) is 0 Å². The first-order valence-electron chi connectivity index (χ1n) is 7.05. The van der Waals surface area contributed by atoms with Gasteiger partial charge in [-0.05, 0) is 43.5 Å². The topological polar surface area (TPSA) is 43.4 Å². The molecule has 0 atom stereocenters. The summed E-state index contributed by atoms with van der Waals surface area (Å²) in [4.78, 5) is 0.159. The highest BCUT2D eigenvalue weighted by atomic mass is 35.7. The van der Waals surface area contributed by atoms with E-state index in [1.807, 2.05) is 6.92 Å². The van der Waals surface area contributed by atoms with Crippen molar-refractivity contribution in [1.82, 2.24) is 0 Å². The number of benzene rings is 1. The van der Waals surface area contributed by atoms with E-state index < -0.39 is 9.05 Å². The van der Waals surface area contributed by atoms with E-state index >= 15 is 0 Å². The SMILES string of the molecule is CCCCCCCOc1cc(C)c(S(=O)(=O)Cl)cc1C. The van der Waals surface area contributed by atoms with Gasteiger partial charge in [0.1, 0.15) is 5.75 Å². The smallest absolute Gasteiger partial charge is 0.261 e. The van der Waals surface area contributed by atoms with Crippen LogP contribution in [0.4, 0.5) is 0 Å². The summed E-state index contributed by atoms with van der Waals surface area (Å²) in [6, 6.07) is 3.32. The van der Waals surface area contributed by atoms with Gasteiger partial charge in [0.05, 0.1) is 11.5 Å². The summed E-state index contributed by atoms with van der Waals surface area (Å²) < 4.78 is 28.5. The van der Waals surface area contributed by atoms with Crippen LogP contribution >= 0.6 is 10.7 Å². The zero-order chi connectivity index (χ0) is 15.2. The van der Waals surface area contributed by atoms with E-state index in [9.17, 15) is 8.42 Å². The maximum absolute atomic E-state index is 11.4. The Morgan fingerprint density at radius 3 is 2.30 bits per heavy atom. The van der Waals surface area contributed by atoms with Crippen molar-refractivity contribution in [3.05, 3.63) is 23.3 Å². The number of rotatable bonds is 8. The molecule has 0 amide bonds. The maximum Gasteiger partial charge on any atom is 0.261 e. The van der Waals surface area contributed by atoms with E-state index in [1.165, 1.54) is 25.7 Å². The molecule has 0 bridgehead atoms.